The molecule has 0 aromatic rings. The second-order valence-electron chi connectivity index (χ2n) is 5.58. The summed E-state index contributed by atoms with van der Waals surface area (Å²) in [6.45, 7) is 9.80. The van der Waals surface area contributed by atoms with Crippen molar-refractivity contribution in [1.29, 1.82) is 0 Å². The van der Waals surface area contributed by atoms with Crippen LogP contribution in [0, 0.1) is 0 Å². The van der Waals surface area contributed by atoms with E-state index in [0.717, 1.165) is 13.0 Å². The summed E-state index contributed by atoms with van der Waals surface area (Å²) >= 11 is 0. The van der Waals surface area contributed by atoms with Gasteiger partial charge in [0.05, 0.1) is 11.9 Å². The maximum atomic E-state index is 4.61. The Bertz CT molecular complexity index is 248. The topological polar surface area (TPSA) is 15.6 Å². The van der Waals surface area contributed by atoms with E-state index in [-0.39, 0.29) is 5.54 Å². The first-order valence-electron chi connectivity index (χ1n) is 6.50. The SMILES string of the molecule is CCCCC1C=CCCN1C=NC(C)(C)C. The third-order valence-electron chi connectivity index (χ3n) is 2.78. The molecule has 1 aliphatic rings. The van der Waals surface area contributed by atoms with Crippen molar-refractivity contribution in [3.05, 3.63) is 12.2 Å². The average molecular weight is 222 g/mol. The van der Waals surface area contributed by atoms with E-state index in [4.69, 9.17) is 0 Å². The summed E-state index contributed by atoms with van der Waals surface area (Å²) in [7, 11) is 0. The van der Waals surface area contributed by atoms with Crippen molar-refractivity contribution in [2.24, 2.45) is 4.99 Å². The third-order valence-corrected chi connectivity index (χ3v) is 2.78. The van der Waals surface area contributed by atoms with E-state index in [2.05, 4.69) is 56.1 Å². The van der Waals surface area contributed by atoms with Crippen LogP contribution in [0.3, 0.4) is 0 Å². The first-order valence-corrected chi connectivity index (χ1v) is 6.50. The van der Waals surface area contributed by atoms with Crippen molar-refractivity contribution in [2.75, 3.05) is 6.54 Å². The van der Waals surface area contributed by atoms with Gasteiger partial charge in [-0.05, 0) is 33.6 Å². The van der Waals surface area contributed by atoms with Crippen molar-refractivity contribution in [1.82, 2.24) is 4.90 Å². The molecule has 1 heterocycles. The molecule has 16 heavy (non-hydrogen) atoms. The smallest absolute Gasteiger partial charge is 0.0861 e. The number of unbranched alkanes of at least 4 members (excludes halogenated alkanes) is 1. The number of nitrogens with zero attached hydrogens (tertiary/aromatic N) is 2. The van der Waals surface area contributed by atoms with E-state index < -0.39 is 0 Å². The molecule has 1 aliphatic heterocycles. The molecule has 0 saturated carbocycles. The van der Waals surface area contributed by atoms with Crippen molar-refractivity contribution in [2.45, 2.75) is 65.0 Å². The molecule has 2 nitrogen and oxygen atoms in total. The predicted molar refractivity (Wildman–Crippen MR) is 72.0 cm³/mol. The molecule has 0 saturated heterocycles. The summed E-state index contributed by atoms with van der Waals surface area (Å²) in [4.78, 5) is 7.00. The van der Waals surface area contributed by atoms with Gasteiger partial charge in [-0.1, -0.05) is 31.9 Å². The van der Waals surface area contributed by atoms with Crippen molar-refractivity contribution in [3.8, 4) is 0 Å². The van der Waals surface area contributed by atoms with Crippen molar-refractivity contribution in [3.63, 3.8) is 0 Å². The van der Waals surface area contributed by atoms with Crippen LogP contribution in [0.15, 0.2) is 17.1 Å². The minimum Gasteiger partial charge on any atom is -0.356 e. The number of hydrogen-bond acceptors (Lipinski definition) is 1. The summed E-state index contributed by atoms with van der Waals surface area (Å²) in [6, 6.07) is 0.569. The fraction of sp³-hybridized carbons (Fsp3) is 0.786. The molecule has 92 valence electrons. The minimum absolute atomic E-state index is 0.0382. The lowest BCUT2D eigenvalue weighted by atomic mass is 10.0. The van der Waals surface area contributed by atoms with Crippen LogP contribution in [0.2, 0.25) is 0 Å². The largest absolute Gasteiger partial charge is 0.356 e. The van der Waals surface area contributed by atoms with Gasteiger partial charge >= 0.3 is 0 Å². The third kappa shape index (κ3) is 4.82. The van der Waals surface area contributed by atoms with Crippen LogP contribution in [-0.4, -0.2) is 29.4 Å². The van der Waals surface area contributed by atoms with Gasteiger partial charge in [0.1, 0.15) is 0 Å². The number of rotatable bonds is 4. The summed E-state index contributed by atoms with van der Waals surface area (Å²) < 4.78 is 0. The van der Waals surface area contributed by atoms with Gasteiger partial charge in [-0.2, -0.15) is 0 Å². The molecule has 0 fully saturated rings. The monoisotopic (exact) mass is 222 g/mol. The zero-order valence-electron chi connectivity index (χ0n) is 11.2. The second-order valence-corrected chi connectivity index (χ2v) is 5.58. The average Bonchev–Trinajstić information content (AvgIpc) is 2.23. The Balaban J connectivity index is 2.55. The number of hydrogen-bond donors (Lipinski definition) is 0. The van der Waals surface area contributed by atoms with Gasteiger partial charge in [0.25, 0.3) is 0 Å². The second kappa shape index (κ2) is 6.07. The highest BCUT2D eigenvalue weighted by molar-refractivity contribution is 5.57. The zero-order chi connectivity index (χ0) is 12.0. The van der Waals surface area contributed by atoms with E-state index in [1.54, 1.807) is 0 Å². The van der Waals surface area contributed by atoms with E-state index in [1.165, 1.54) is 19.3 Å². The van der Waals surface area contributed by atoms with Crippen molar-refractivity contribution >= 4 is 6.34 Å². The fourth-order valence-corrected chi connectivity index (χ4v) is 1.82. The predicted octanol–water partition coefficient (Wildman–Crippen LogP) is 3.63. The van der Waals surface area contributed by atoms with Crippen LogP contribution in [-0.2, 0) is 0 Å². The van der Waals surface area contributed by atoms with Crippen molar-refractivity contribution < 1.29 is 0 Å². The molecule has 0 N–H and O–H groups in total. The molecule has 1 unspecified atom stereocenters. The van der Waals surface area contributed by atoms with Gasteiger partial charge < -0.3 is 4.90 Å². The summed E-state index contributed by atoms with van der Waals surface area (Å²) in [5.41, 5.74) is 0.0382. The molecule has 0 bridgehead atoms. The molecule has 2 heteroatoms. The first-order chi connectivity index (χ1) is 7.53. The summed E-state index contributed by atoms with van der Waals surface area (Å²) in [5, 5.41) is 0. The van der Waals surface area contributed by atoms with Crippen LogP contribution in [0.4, 0.5) is 0 Å². The van der Waals surface area contributed by atoms with Crippen LogP contribution < -0.4 is 0 Å². The Morgan fingerprint density at radius 1 is 1.44 bits per heavy atom. The van der Waals surface area contributed by atoms with E-state index in [0.29, 0.717) is 6.04 Å². The molecular formula is C14H26N2. The minimum atomic E-state index is 0.0382. The number of aliphatic imine (C=N–C) groups is 1. The van der Waals surface area contributed by atoms with E-state index in [9.17, 15) is 0 Å². The lowest BCUT2D eigenvalue weighted by molar-refractivity contribution is 0.334. The van der Waals surface area contributed by atoms with Crippen LogP contribution in [0.25, 0.3) is 0 Å². The molecular weight excluding hydrogens is 196 g/mol. The quantitative estimate of drug-likeness (QED) is 0.403. The van der Waals surface area contributed by atoms with Gasteiger partial charge in [-0.3, -0.25) is 4.99 Å². The lowest BCUT2D eigenvalue weighted by Crippen LogP contribution is -2.36. The molecule has 1 rings (SSSR count). The summed E-state index contributed by atoms with van der Waals surface area (Å²) in [5.74, 6) is 0. The normalized spacial score (nSPS) is 22.0. The standard InChI is InChI=1S/C14H26N2/c1-5-6-9-13-10-7-8-11-16(13)12-15-14(2,3)4/h7,10,12-13H,5-6,8-9,11H2,1-4H3. The van der Waals surface area contributed by atoms with Gasteiger partial charge in [-0.25, -0.2) is 0 Å². The highest BCUT2D eigenvalue weighted by atomic mass is 15.2. The molecule has 0 amide bonds. The first kappa shape index (κ1) is 13.3. The Kier molecular flexibility index (Phi) is 5.04. The maximum Gasteiger partial charge on any atom is 0.0861 e. The van der Waals surface area contributed by atoms with E-state index in [1.807, 2.05) is 0 Å². The van der Waals surface area contributed by atoms with Crippen LogP contribution >= 0.6 is 0 Å². The Labute approximate surface area is 100 Å². The van der Waals surface area contributed by atoms with Gasteiger partial charge in [0, 0.05) is 12.6 Å². The Morgan fingerprint density at radius 3 is 2.81 bits per heavy atom. The van der Waals surface area contributed by atoms with E-state index >= 15 is 0 Å². The Morgan fingerprint density at radius 2 is 2.19 bits per heavy atom. The molecule has 0 aromatic heterocycles. The highest BCUT2D eigenvalue weighted by Crippen LogP contribution is 2.15. The molecule has 0 spiro atoms. The Hall–Kier alpha value is -0.790. The van der Waals surface area contributed by atoms with Gasteiger partial charge in [-0.15, -0.1) is 0 Å². The molecule has 0 radical (unpaired) electrons. The summed E-state index contributed by atoms with van der Waals surface area (Å²) in [6.07, 6.45) is 11.7. The molecule has 1 atom stereocenters. The molecule has 0 aliphatic carbocycles. The highest BCUT2D eigenvalue weighted by Gasteiger charge is 2.16. The van der Waals surface area contributed by atoms with Crippen LogP contribution in [0.5, 0.6) is 0 Å². The van der Waals surface area contributed by atoms with Gasteiger partial charge in [0.2, 0.25) is 0 Å². The molecule has 0 aromatic carbocycles. The fourth-order valence-electron chi connectivity index (χ4n) is 1.82. The maximum absolute atomic E-state index is 4.61. The zero-order valence-corrected chi connectivity index (χ0v) is 11.2. The lowest BCUT2D eigenvalue weighted by Gasteiger charge is -2.31. The van der Waals surface area contributed by atoms with Gasteiger partial charge in [0.15, 0.2) is 0 Å². The van der Waals surface area contributed by atoms with Crippen LogP contribution in [0.1, 0.15) is 53.4 Å².